The SMILES string of the molecule is CN=C(NCc1ccc(N2CCN(C)CC2)nc1)N(C)CCc1cccs1. The third kappa shape index (κ3) is 5.68. The summed E-state index contributed by atoms with van der Waals surface area (Å²) in [5, 5.41) is 5.57. The van der Waals surface area contributed by atoms with E-state index >= 15 is 0 Å². The van der Waals surface area contributed by atoms with Crippen molar-refractivity contribution in [2.24, 2.45) is 4.99 Å². The Labute approximate surface area is 166 Å². The molecule has 6 nitrogen and oxygen atoms in total. The zero-order valence-corrected chi connectivity index (χ0v) is 17.4. The number of nitrogens with zero attached hydrogens (tertiary/aromatic N) is 5. The Morgan fingerprint density at radius 1 is 1.26 bits per heavy atom. The van der Waals surface area contributed by atoms with Crippen LogP contribution in [0.1, 0.15) is 10.4 Å². The van der Waals surface area contributed by atoms with E-state index in [2.05, 4.69) is 73.7 Å². The molecule has 0 amide bonds. The molecule has 1 saturated heterocycles. The van der Waals surface area contributed by atoms with E-state index in [4.69, 9.17) is 0 Å². The van der Waals surface area contributed by atoms with Gasteiger partial charge in [0.2, 0.25) is 0 Å². The summed E-state index contributed by atoms with van der Waals surface area (Å²) in [6.45, 7) is 5.95. The molecule has 0 saturated carbocycles. The third-order valence-corrected chi connectivity index (χ3v) is 5.87. The van der Waals surface area contributed by atoms with Gasteiger partial charge in [-0.3, -0.25) is 4.99 Å². The maximum atomic E-state index is 4.66. The lowest BCUT2D eigenvalue weighted by atomic mass is 10.2. The van der Waals surface area contributed by atoms with Gasteiger partial charge in [-0.05, 0) is 36.5 Å². The van der Waals surface area contributed by atoms with Gasteiger partial charge in [-0.15, -0.1) is 11.3 Å². The van der Waals surface area contributed by atoms with E-state index in [1.807, 2.05) is 13.2 Å². The number of rotatable bonds is 6. The lowest BCUT2D eigenvalue weighted by Gasteiger charge is -2.33. The number of nitrogens with one attached hydrogen (secondary N) is 1. The van der Waals surface area contributed by atoms with Crippen molar-refractivity contribution in [1.82, 2.24) is 20.1 Å². The van der Waals surface area contributed by atoms with Gasteiger partial charge < -0.3 is 20.0 Å². The van der Waals surface area contributed by atoms with E-state index in [-0.39, 0.29) is 0 Å². The van der Waals surface area contributed by atoms with Crippen LogP contribution in [0.15, 0.2) is 40.8 Å². The Morgan fingerprint density at radius 2 is 2.07 bits per heavy atom. The number of hydrogen-bond acceptors (Lipinski definition) is 5. The Hall–Kier alpha value is -2.12. The molecule has 0 bridgehead atoms. The highest BCUT2D eigenvalue weighted by Gasteiger charge is 2.15. The Morgan fingerprint density at radius 3 is 2.70 bits per heavy atom. The molecule has 1 aliphatic rings. The van der Waals surface area contributed by atoms with Crippen LogP contribution in [-0.4, -0.2) is 74.6 Å². The molecule has 0 aliphatic carbocycles. The molecule has 1 N–H and O–H groups in total. The molecule has 0 spiro atoms. The second kappa shape index (κ2) is 9.71. The summed E-state index contributed by atoms with van der Waals surface area (Å²) in [5.74, 6) is 1.99. The molecular formula is C20H30N6S. The predicted octanol–water partition coefficient (Wildman–Crippen LogP) is 2.14. The quantitative estimate of drug-likeness (QED) is 0.609. The van der Waals surface area contributed by atoms with E-state index in [1.54, 1.807) is 11.3 Å². The van der Waals surface area contributed by atoms with Crippen LogP contribution in [0.2, 0.25) is 0 Å². The van der Waals surface area contributed by atoms with Crippen LogP contribution in [0.25, 0.3) is 0 Å². The van der Waals surface area contributed by atoms with Gasteiger partial charge in [0.25, 0.3) is 0 Å². The summed E-state index contributed by atoms with van der Waals surface area (Å²) in [4.78, 5) is 17.4. The van der Waals surface area contributed by atoms with Crippen LogP contribution in [0.3, 0.4) is 0 Å². The second-order valence-corrected chi connectivity index (χ2v) is 8.00. The van der Waals surface area contributed by atoms with Crippen LogP contribution in [-0.2, 0) is 13.0 Å². The number of pyridine rings is 1. The van der Waals surface area contributed by atoms with Crippen LogP contribution in [0, 0.1) is 0 Å². The molecule has 0 aromatic carbocycles. The smallest absolute Gasteiger partial charge is 0.193 e. The molecule has 1 aliphatic heterocycles. The van der Waals surface area contributed by atoms with E-state index in [0.717, 1.165) is 57.5 Å². The second-order valence-electron chi connectivity index (χ2n) is 6.97. The summed E-state index contributed by atoms with van der Waals surface area (Å²) in [6, 6.07) is 8.58. The van der Waals surface area contributed by atoms with Crippen molar-refractivity contribution in [2.45, 2.75) is 13.0 Å². The first-order chi connectivity index (χ1) is 13.2. The van der Waals surface area contributed by atoms with E-state index in [9.17, 15) is 0 Å². The van der Waals surface area contributed by atoms with Gasteiger partial charge in [-0.1, -0.05) is 12.1 Å². The molecule has 7 heteroatoms. The van der Waals surface area contributed by atoms with Gasteiger partial charge >= 0.3 is 0 Å². The molecule has 0 radical (unpaired) electrons. The monoisotopic (exact) mass is 386 g/mol. The molecule has 146 valence electrons. The maximum absolute atomic E-state index is 4.66. The summed E-state index contributed by atoms with van der Waals surface area (Å²) in [6.07, 6.45) is 3.01. The van der Waals surface area contributed by atoms with Gasteiger partial charge in [-0.25, -0.2) is 4.98 Å². The third-order valence-electron chi connectivity index (χ3n) is 4.93. The normalized spacial score (nSPS) is 15.8. The zero-order chi connectivity index (χ0) is 19.1. The topological polar surface area (TPSA) is 47.0 Å². The van der Waals surface area contributed by atoms with Crippen LogP contribution >= 0.6 is 11.3 Å². The van der Waals surface area contributed by atoms with Crippen molar-refractivity contribution < 1.29 is 0 Å². The first-order valence-corrected chi connectivity index (χ1v) is 10.4. The lowest BCUT2D eigenvalue weighted by molar-refractivity contribution is 0.312. The van der Waals surface area contributed by atoms with Crippen LogP contribution in [0.5, 0.6) is 0 Å². The number of aliphatic imine (C=N–C) groups is 1. The fourth-order valence-electron chi connectivity index (χ4n) is 3.15. The summed E-state index contributed by atoms with van der Waals surface area (Å²) < 4.78 is 0. The van der Waals surface area contributed by atoms with E-state index in [1.165, 1.54) is 10.4 Å². The minimum absolute atomic E-state index is 0.728. The predicted molar refractivity (Wildman–Crippen MR) is 115 cm³/mol. The van der Waals surface area contributed by atoms with Crippen molar-refractivity contribution in [3.8, 4) is 0 Å². The standard InChI is InChI=1S/C20H30N6S/c1-21-20(25(3)9-8-18-5-4-14-27-18)23-16-17-6-7-19(22-15-17)26-12-10-24(2)11-13-26/h4-7,14-15H,8-13,16H2,1-3H3,(H,21,23). The zero-order valence-electron chi connectivity index (χ0n) is 16.6. The van der Waals surface area contributed by atoms with Crippen LogP contribution in [0.4, 0.5) is 5.82 Å². The van der Waals surface area contributed by atoms with Crippen molar-refractivity contribution in [2.75, 3.05) is 58.8 Å². The molecule has 0 unspecified atom stereocenters. The molecule has 3 heterocycles. The minimum Gasteiger partial charge on any atom is -0.354 e. The number of thiophene rings is 1. The lowest BCUT2D eigenvalue weighted by Crippen LogP contribution is -2.44. The highest BCUT2D eigenvalue weighted by atomic mass is 32.1. The summed E-state index contributed by atoms with van der Waals surface area (Å²) >= 11 is 1.81. The van der Waals surface area contributed by atoms with Crippen molar-refractivity contribution >= 4 is 23.1 Å². The molecular weight excluding hydrogens is 356 g/mol. The summed E-state index contributed by atoms with van der Waals surface area (Å²) in [5.41, 5.74) is 1.17. The Balaban J connectivity index is 1.47. The number of aromatic nitrogens is 1. The van der Waals surface area contributed by atoms with Gasteiger partial charge in [0.1, 0.15) is 5.82 Å². The fourth-order valence-corrected chi connectivity index (χ4v) is 3.85. The van der Waals surface area contributed by atoms with Gasteiger partial charge in [0, 0.05) is 64.4 Å². The molecule has 2 aromatic heterocycles. The average molecular weight is 387 g/mol. The minimum atomic E-state index is 0.728. The highest BCUT2D eigenvalue weighted by molar-refractivity contribution is 7.09. The fraction of sp³-hybridized carbons (Fsp3) is 0.500. The van der Waals surface area contributed by atoms with Gasteiger partial charge in [-0.2, -0.15) is 0 Å². The molecule has 27 heavy (non-hydrogen) atoms. The van der Waals surface area contributed by atoms with E-state index < -0.39 is 0 Å². The van der Waals surface area contributed by atoms with Gasteiger partial charge in [0.05, 0.1) is 0 Å². The highest BCUT2D eigenvalue weighted by Crippen LogP contribution is 2.14. The number of likely N-dealkylation sites (N-methyl/N-ethyl adjacent to an activating group) is 2. The van der Waals surface area contributed by atoms with E-state index in [0.29, 0.717) is 0 Å². The Bertz CT molecular complexity index is 705. The maximum Gasteiger partial charge on any atom is 0.193 e. The number of guanidine groups is 1. The first kappa shape index (κ1) is 19.6. The van der Waals surface area contributed by atoms with Crippen molar-refractivity contribution in [3.63, 3.8) is 0 Å². The average Bonchev–Trinajstić information content (AvgIpc) is 3.22. The molecule has 3 rings (SSSR count). The molecule has 2 aromatic rings. The van der Waals surface area contributed by atoms with Crippen molar-refractivity contribution in [1.29, 1.82) is 0 Å². The number of hydrogen-bond donors (Lipinski definition) is 1. The largest absolute Gasteiger partial charge is 0.354 e. The Kier molecular flexibility index (Phi) is 7.06. The molecule has 1 fully saturated rings. The number of piperazine rings is 1. The number of anilines is 1. The van der Waals surface area contributed by atoms with Gasteiger partial charge in [0.15, 0.2) is 5.96 Å². The first-order valence-electron chi connectivity index (χ1n) is 9.48. The van der Waals surface area contributed by atoms with Crippen LogP contribution < -0.4 is 10.2 Å². The van der Waals surface area contributed by atoms with Crippen molar-refractivity contribution in [3.05, 3.63) is 46.3 Å². The molecule has 0 atom stereocenters. The summed E-state index contributed by atoms with van der Waals surface area (Å²) in [7, 11) is 6.08.